The van der Waals surface area contributed by atoms with Crippen LogP contribution in [0, 0.1) is 11.7 Å². The lowest BCUT2D eigenvalue weighted by Crippen LogP contribution is -2.54. The molecule has 1 unspecified atom stereocenters. The number of anilines is 1. The van der Waals surface area contributed by atoms with E-state index in [1.165, 1.54) is 12.1 Å². The first-order chi connectivity index (χ1) is 16.9. The number of hydrogen-bond donors (Lipinski definition) is 3. The van der Waals surface area contributed by atoms with Crippen molar-refractivity contribution in [1.29, 1.82) is 0 Å². The van der Waals surface area contributed by atoms with Crippen molar-refractivity contribution in [2.75, 3.05) is 31.7 Å². The van der Waals surface area contributed by atoms with Crippen LogP contribution in [0.25, 0.3) is 0 Å². The number of hydrogen-bond acceptors (Lipinski definition) is 5. The molecule has 0 saturated carbocycles. The van der Waals surface area contributed by atoms with E-state index in [4.69, 9.17) is 21.7 Å². The van der Waals surface area contributed by atoms with Crippen LogP contribution in [0.4, 0.5) is 10.1 Å². The Morgan fingerprint density at radius 1 is 1.11 bits per heavy atom. The molecule has 3 N–H and O–H groups in total. The lowest BCUT2D eigenvalue weighted by molar-refractivity contribution is -0.124. The Labute approximate surface area is 209 Å². The predicted molar refractivity (Wildman–Crippen MR) is 134 cm³/mol. The lowest BCUT2D eigenvalue weighted by atomic mass is 9.88. The number of carbonyl (C=O) groups excluding carboxylic acids is 2. The summed E-state index contributed by atoms with van der Waals surface area (Å²) in [5, 5.41) is 9.54. The maximum absolute atomic E-state index is 13.2. The number of piperidine rings is 1. The third kappa shape index (κ3) is 6.19. The highest BCUT2D eigenvalue weighted by molar-refractivity contribution is 7.80. The van der Waals surface area contributed by atoms with Gasteiger partial charge in [-0.25, -0.2) is 4.39 Å². The molecule has 186 valence electrons. The van der Waals surface area contributed by atoms with Gasteiger partial charge in [0, 0.05) is 30.9 Å². The van der Waals surface area contributed by atoms with E-state index >= 15 is 0 Å². The number of fused-ring (bicyclic) bond motifs is 1. The summed E-state index contributed by atoms with van der Waals surface area (Å²) < 4.78 is 23.8. The van der Waals surface area contributed by atoms with Gasteiger partial charge in [-0.05, 0) is 79.9 Å². The first kappa shape index (κ1) is 24.7. The average molecular weight is 501 g/mol. The number of carbonyl (C=O) groups is 2. The van der Waals surface area contributed by atoms with Crippen molar-refractivity contribution in [2.24, 2.45) is 5.92 Å². The molecule has 0 aromatic heterocycles. The van der Waals surface area contributed by atoms with Gasteiger partial charge in [-0.15, -0.1) is 0 Å². The van der Waals surface area contributed by atoms with Crippen LogP contribution in [0.1, 0.15) is 36.5 Å². The summed E-state index contributed by atoms with van der Waals surface area (Å²) in [5.74, 6) is 0.228. The highest BCUT2D eigenvalue weighted by atomic mass is 32.1. The number of amides is 2. The maximum Gasteiger partial charge on any atom is 0.252 e. The van der Waals surface area contributed by atoms with Crippen LogP contribution >= 0.6 is 12.2 Å². The zero-order chi connectivity index (χ0) is 24.8. The molecular weight excluding hydrogens is 471 g/mol. The van der Waals surface area contributed by atoms with Gasteiger partial charge in [0.05, 0.1) is 0 Å². The van der Waals surface area contributed by atoms with Crippen molar-refractivity contribution in [3.8, 4) is 11.5 Å². The molecule has 1 saturated heterocycles. The minimum atomic E-state index is -0.666. The minimum absolute atomic E-state index is 0.0466. The highest BCUT2D eigenvalue weighted by Gasteiger charge is 2.33. The molecule has 10 heteroatoms. The Kier molecular flexibility index (Phi) is 8.02. The molecule has 8 nitrogen and oxygen atoms in total. The van der Waals surface area contributed by atoms with Gasteiger partial charge in [0.25, 0.3) is 5.91 Å². The van der Waals surface area contributed by atoms with E-state index in [1.54, 1.807) is 30.3 Å². The minimum Gasteiger partial charge on any atom is -0.454 e. The molecule has 0 aliphatic carbocycles. The van der Waals surface area contributed by atoms with Crippen molar-refractivity contribution in [3.63, 3.8) is 0 Å². The lowest BCUT2D eigenvalue weighted by Gasteiger charge is -2.37. The molecule has 2 aliphatic rings. The topological polar surface area (TPSA) is 91.9 Å². The SMILES string of the molecule is CCCNC(=O)C(NC(=O)c1ccc2c(c1)OCO2)C1CCN(C(=S)Nc2ccc(F)cc2)CC1. The van der Waals surface area contributed by atoms with Gasteiger partial charge >= 0.3 is 0 Å². The number of benzene rings is 2. The largest absolute Gasteiger partial charge is 0.454 e. The number of thiocarbonyl (C=S) groups is 1. The van der Waals surface area contributed by atoms with Crippen LogP contribution in [0.5, 0.6) is 11.5 Å². The van der Waals surface area contributed by atoms with Gasteiger partial charge in [0.1, 0.15) is 11.9 Å². The van der Waals surface area contributed by atoms with Crippen molar-refractivity contribution < 1.29 is 23.5 Å². The standard InChI is InChI=1S/C25H29FN4O4S/c1-2-11-27-24(32)22(29-23(31)17-3-8-20-21(14-17)34-15-33-20)16-9-12-30(13-10-16)25(35)28-19-6-4-18(26)5-7-19/h3-8,14,16,22H,2,9-13,15H2,1H3,(H,27,32)(H,28,35)(H,29,31). The molecule has 2 amide bonds. The van der Waals surface area contributed by atoms with Crippen LogP contribution in [-0.4, -0.2) is 54.3 Å². The van der Waals surface area contributed by atoms with E-state index in [0.717, 1.165) is 6.42 Å². The van der Waals surface area contributed by atoms with E-state index in [9.17, 15) is 14.0 Å². The van der Waals surface area contributed by atoms with Crippen molar-refractivity contribution in [1.82, 2.24) is 15.5 Å². The van der Waals surface area contributed by atoms with Crippen LogP contribution in [0.3, 0.4) is 0 Å². The normalized spacial score (nSPS) is 15.9. The van der Waals surface area contributed by atoms with Gasteiger partial charge in [-0.3, -0.25) is 9.59 Å². The van der Waals surface area contributed by atoms with E-state index in [1.807, 2.05) is 11.8 Å². The third-order valence-electron chi connectivity index (χ3n) is 6.15. The molecule has 4 rings (SSSR count). The van der Waals surface area contributed by atoms with E-state index in [2.05, 4.69) is 16.0 Å². The van der Waals surface area contributed by atoms with E-state index < -0.39 is 6.04 Å². The summed E-state index contributed by atoms with van der Waals surface area (Å²) >= 11 is 5.53. The maximum atomic E-state index is 13.2. The molecule has 2 aromatic rings. The molecule has 0 spiro atoms. The summed E-state index contributed by atoms with van der Waals surface area (Å²) in [6, 6.07) is 10.3. The zero-order valence-electron chi connectivity index (χ0n) is 19.5. The number of ether oxygens (including phenoxy) is 2. The highest BCUT2D eigenvalue weighted by Crippen LogP contribution is 2.32. The molecule has 2 aliphatic heterocycles. The Morgan fingerprint density at radius 3 is 2.54 bits per heavy atom. The zero-order valence-corrected chi connectivity index (χ0v) is 20.3. The summed E-state index contributed by atoms with van der Waals surface area (Å²) in [6.45, 7) is 3.91. The monoisotopic (exact) mass is 500 g/mol. The first-order valence-corrected chi connectivity index (χ1v) is 12.1. The fraction of sp³-hybridized carbons (Fsp3) is 0.400. The number of rotatable bonds is 7. The molecule has 0 radical (unpaired) electrons. The van der Waals surface area contributed by atoms with Crippen molar-refractivity contribution in [3.05, 3.63) is 53.8 Å². The Bertz CT molecular complexity index is 1070. The van der Waals surface area contributed by atoms with Crippen LogP contribution in [-0.2, 0) is 4.79 Å². The Hall–Kier alpha value is -3.40. The van der Waals surface area contributed by atoms with Crippen molar-refractivity contribution >= 4 is 34.8 Å². The van der Waals surface area contributed by atoms with Crippen LogP contribution in [0.2, 0.25) is 0 Å². The quantitative estimate of drug-likeness (QED) is 0.503. The number of likely N-dealkylation sites (tertiary alicyclic amines) is 1. The van der Waals surface area contributed by atoms with Gasteiger partial charge in [-0.2, -0.15) is 0 Å². The molecular formula is C25H29FN4O4S. The van der Waals surface area contributed by atoms with Gasteiger partial charge in [-0.1, -0.05) is 6.92 Å². The second-order valence-corrected chi connectivity index (χ2v) is 8.96. The van der Waals surface area contributed by atoms with Crippen LogP contribution in [0.15, 0.2) is 42.5 Å². The first-order valence-electron chi connectivity index (χ1n) is 11.7. The second kappa shape index (κ2) is 11.4. The second-order valence-electron chi connectivity index (χ2n) is 8.57. The van der Waals surface area contributed by atoms with E-state index in [-0.39, 0.29) is 30.3 Å². The molecule has 2 heterocycles. The van der Waals surface area contributed by atoms with Gasteiger partial charge in [0.15, 0.2) is 16.6 Å². The van der Waals surface area contributed by atoms with Gasteiger partial charge in [0.2, 0.25) is 12.7 Å². The molecule has 1 atom stereocenters. The van der Waals surface area contributed by atoms with Crippen LogP contribution < -0.4 is 25.4 Å². The number of nitrogens with zero attached hydrogens (tertiary/aromatic N) is 1. The van der Waals surface area contributed by atoms with E-state index in [0.29, 0.717) is 60.3 Å². The Morgan fingerprint density at radius 2 is 1.83 bits per heavy atom. The number of nitrogens with one attached hydrogen (secondary N) is 3. The van der Waals surface area contributed by atoms with Gasteiger partial charge < -0.3 is 30.3 Å². The molecule has 0 bridgehead atoms. The van der Waals surface area contributed by atoms with Crippen molar-refractivity contribution in [2.45, 2.75) is 32.2 Å². The summed E-state index contributed by atoms with van der Waals surface area (Å²) in [6.07, 6.45) is 2.16. The molecule has 1 fully saturated rings. The third-order valence-corrected chi connectivity index (χ3v) is 6.51. The predicted octanol–water partition coefficient (Wildman–Crippen LogP) is 3.29. The fourth-order valence-corrected chi connectivity index (χ4v) is 4.49. The summed E-state index contributed by atoms with van der Waals surface area (Å²) in [7, 11) is 0. The average Bonchev–Trinajstić information content (AvgIpc) is 3.35. The number of halogens is 1. The fourth-order valence-electron chi connectivity index (χ4n) is 4.19. The molecule has 2 aromatic carbocycles. The Balaban J connectivity index is 1.38. The molecule has 35 heavy (non-hydrogen) atoms. The smallest absolute Gasteiger partial charge is 0.252 e. The summed E-state index contributed by atoms with van der Waals surface area (Å²) in [5.41, 5.74) is 1.12. The summed E-state index contributed by atoms with van der Waals surface area (Å²) in [4.78, 5) is 28.0.